The van der Waals surface area contributed by atoms with Crippen LogP contribution in [0.4, 0.5) is 0 Å². The number of imide groups is 1. The molecule has 8 nitrogen and oxygen atoms in total. The van der Waals surface area contributed by atoms with E-state index in [4.69, 9.17) is 5.53 Å². The van der Waals surface area contributed by atoms with Gasteiger partial charge >= 0.3 is 0 Å². The Morgan fingerprint density at radius 3 is 2.91 bits per heavy atom. The van der Waals surface area contributed by atoms with Crippen molar-refractivity contribution in [3.8, 4) is 0 Å². The van der Waals surface area contributed by atoms with E-state index >= 15 is 0 Å². The summed E-state index contributed by atoms with van der Waals surface area (Å²) in [5, 5.41) is 5.80. The van der Waals surface area contributed by atoms with Gasteiger partial charge in [-0.3, -0.25) is 19.7 Å². The molecule has 8 heteroatoms. The SMILES string of the molecule is [N-]=[N+]=NCc1cccc2c1CN(C1CCC(=O)NC1=O)C2=O. The highest BCUT2D eigenvalue weighted by Gasteiger charge is 2.39. The normalized spacial score (nSPS) is 20.5. The van der Waals surface area contributed by atoms with Gasteiger partial charge < -0.3 is 4.90 Å². The number of hydrogen-bond acceptors (Lipinski definition) is 4. The first-order valence-electron chi connectivity index (χ1n) is 6.88. The maximum Gasteiger partial charge on any atom is 0.255 e. The zero-order valence-electron chi connectivity index (χ0n) is 11.7. The summed E-state index contributed by atoms with van der Waals surface area (Å²) >= 11 is 0. The molecule has 1 saturated heterocycles. The number of nitrogens with zero attached hydrogens (tertiary/aromatic N) is 4. The fourth-order valence-corrected chi connectivity index (χ4v) is 2.91. The summed E-state index contributed by atoms with van der Waals surface area (Å²) in [6.45, 7) is 0.452. The standard InChI is InChI=1S/C14H13N5O3/c15-18-16-6-8-2-1-3-9-10(8)7-19(14(9)22)11-4-5-12(20)17-13(11)21/h1-3,11H,4-7H2,(H,17,20,21). The molecule has 0 spiro atoms. The first-order chi connectivity index (χ1) is 10.6. The summed E-state index contributed by atoms with van der Waals surface area (Å²) in [5.74, 6) is -0.976. The fraction of sp³-hybridized carbons (Fsp3) is 0.357. The molecule has 0 aromatic heterocycles. The average Bonchev–Trinajstić information content (AvgIpc) is 2.83. The van der Waals surface area contributed by atoms with Crippen LogP contribution in [0.1, 0.15) is 34.3 Å². The number of piperidine rings is 1. The minimum Gasteiger partial charge on any atom is -0.322 e. The number of carbonyl (C=O) groups is 3. The van der Waals surface area contributed by atoms with Gasteiger partial charge in [0.15, 0.2) is 0 Å². The summed E-state index contributed by atoms with van der Waals surface area (Å²) in [6, 6.07) is 4.59. The lowest BCUT2D eigenvalue weighted by Crippen LogP contribution is -2.52. The Balaban J connectivity index is 1.89. The second-order valence-electron chi connectivity index (χ2n) is 5.23. The summed E-state index contributed by atoms with van der Waals surface area (Å²) in [6.07, 6.45) is 0.554. The Kier molecular flexibility index (Phi) is 3.52. The van der Waals surface area contributed by atoms with E-state index in [1.165, 1.54) is 4.90 Å². The topological polar surface area (TPSA) is 115 Å². The van der Waals surface area contributed by atoms with Crippen LogP contribution in [0, 0.1) is 0 Å². The largest absolute Gasteiger partial charge is 0.322 e. The molecule has 1 fully saturated rings. The predicted octanol–water partition coefficient (Wildman–Crippen LogP) is 1.26. The summed E-state index contributed by atoms with van der Waals surface area (Å²) in [5.41, 5.74) is 10.5. The van der Waals surface area contributed by atoms with Crippen LogP contribution in [-0.4, -0.2) is 28.7 Å². The highest BCUT2D eigenvalue weighted by Crippen LogP contribution is 2.30. The van der Waals surface area contributed by atoms with Gasteiger partial charge in [0.2, 0.25) is 11.8 Å². The van der Waals surface area contributed by atoms with E-state index in [0.717, 1.165) is 11.1 Å². The Bertz CT molecular complexity index is 723. The average molecular weight is 299 g/mol. The first kappa shape index (κ1) is 14.1. The maximum atomic E-state index is 12.5. The molecule has 0 bridgehead atoms. The maximum absolute atomic E-state index is 12.5. The molecule has 0 radical (unpaired) electrons. The van der Waals surface area contributed by atoms with Gasteiger partial charge in [-0.05, 0) is 29.1 Å². The van der Waals surface area contributed by atoms with E-state index in [9.17, 15) is 14.4 Å². The number of benzene rings is 1. The monoisotopic (exact) mass is 299 g/mol. The van der Waals surface area contributed by atoms with Crippen molar-refractivity contribution in [1.29, 1.82) is 0 Å². The molecule has 1 aromatic carbocycles. The molecule has 1 aromatic rings. The van der Waals surface area contributed by atoms with E-state index in [-0.39, 0.29) is 31.3 Å². The van der Waals surface area contributed by atoms with E-state index in [2.05, 4.69) is 15.3 Å². The highest BCUT2D eigenvalue weighted by molar-refractivity contribution is 6.05. The third kappa shape index (κ3) is 2.29. The summed E-state index contributed by atoms with van der Waals surface area (Å²) < 4.78 is 0. The van der Waals surface area contributed by atoms with Gasteiger partial charge in [0.05, 0.1) is 6.54 Å². The van der Waals surface area contributed by atoms with Crippen LogP contribution in [0.5, 0.6) is 0 Å². The van der Waals surface area contributed by atoms with Crippen molar-refractivity contribution in [2.45, 2.75) is 32.0 Å². The summed E-state index contributed by atoms with van der Waals surface area (Å²) in [4.78, 5) is 39.9. The van der Waals surface area contributed by atoms with Crippen LogP contribution < -0.4 is 5.32 Å². The Morgan fingerprint density at radius 2 is 2.18 bits per heavy atom. The number of carbonyl (C=O) groups excluding carboxylic acids is 3. The molecule has 0 aliphatic carbocycles. The molecule has 112 valence electrons. The number of fused-ring (bicyclic) bond motifs is 1. The van der Waals surface area contributed by atoms with Crippen LogP contribution >= 0.6 is 0 Å². The van der Waals surface area contributed by atoms with Gasteiger partial charge in [0.1, 0.15) is 6.04 Å². The molecule has 22 heavy (non-hydrogen) atoms. The van der Waals surface area contributed by atoms with Crippen molar-refractivity contribution in [3.63, 3.8) is 0 Å². The minimum atomic E-state index is -0.634. The highest BCUT2D eigenvalue weighted by atomic mass is 16.2. The van der Waals surface area contributed by atoms with Crippen LogP contribution in [0.15, 0.2) is 23.3 Å². The third-order valence-corrected chi connectivity index (χ3v) is 3.98. The number of amides is 3. The Morgan fingerprint density at radius 1 is 1.36 bits per heavy atom. The van der Waals surface area contributed by atoms with Gasteiger partial charge in [-0.1, -0.05) is 17.2 Å². The van der Waals surface area contributed by atoms with E-state index in [1.807, 2.05) is 0 Å². The predicted molar refractivity (Wildman–Crippen MR) is 75.3 cm³/mol. The molecule has 1 N–H and O–H groups in total. The van der Waals surface area contributed by atoms with E-state index in [0.29, 0.717) is 12.0 Å². The molecule has 2 heterocycles. The third-order valence-electron chi connectivity index (χ3n) is 3.98. The Labute approximate surface area is 125 Å². The molecule has 2 aliphatic heterocycles. The van der Waals surface area contributed by atoms with Gasteiger partial charge in [-0.25, -0.2) is 0 Å². The zero-order valence-corrected chi connectivity index (χ0v) is 11.7. The van der Waals surface area contributed by atoms with Crippen LogP contribution in [0.25, 0.3) is 10.4 Å². The van der Waals surface area contributed by atoms with Crippen molar-refractivity contribution in [1.82, 2.24) is 10.2 Å². The van der Waals surface area contributed by atoms with Crippen LogP contribution in [0.3, 0.4) is 0 Å². The van der Waals surface area contributed by atoms with Crippen molar-refractivity contribution in [2.24, 2.45) is 5.11 Å². The minimum absolute atomic E-state index is 0.163. The second-order valence-corrected chi connectivity index (χ2v) is 5.23. The van der Waals surface area contributed by atoms with E-state index < -0.39 is 11.9 Å². The number of rotatable bonds is 3. The van der Waals surface area contributed by atoms with Crippen molar-refractivity contribution in [2.75, 3.05) is 0 Å². The summed E-state index contributed by atoms with van der Waals surface area (Å²) in [7, 11) is 0. The van der Waals surface area contributed by atoms with Crippen molar-refractivity contribution < 1.29 is 14.4 Å². The number of nitrogens with one attached hydrogen (secondary N) is 1. The molecule has 3 rings (SSSR count). The molecule has 1 unspecified atom stereocenters. The van der Waals surface area contributed by atoms with Crippen molar-refractivity contribution in [3.05, 3.63) is 45.3 Å². The number of azide groups is 1. The molecule has 1 atom stereocenters. The van der Waals surface area contributed by atoms with Crippen LogP contribution in [0.2, 0.25) is 0 Å². The van der Waals surface area contributed by atoms with Gasteiger partial charge in [0, 0.05) is 23.4 Å². The van der Waals surface area contributed by atoms with Gasteiger partial charge in [-0.15, -0.1) is 0 Å². The fourth-order valence-electron chi connectivity index (χ4n) is 2.91. The molecule has 2 aliphatic rings. The first-order valence-corrected chi connectivity index (χ1v) is 6.88. The Hall–Kier alpha value is -2.86. The lowest BCUT2D eigenvalue weighted by atomic mass is 10.0. The quantitative estimate of drug-likeness (QED) is 0.392. The van der Waals surface area contributed by atoms with E-state index in [1.54, 1.807) is 18.2 Å². The van der Waals surface area contributed by atoms with Gasteiger partial charge in [-0.2, -0.15) is 0 Å². The second kappa shape index (κ2) is 5.50. The smallest absolute Gasteiger partial charge is 0.255 e. The molecular formula is C14H13N5O3. The molecular weight excluding hydrogens is 286 g/mol. The number of hydrogen-bond donors (Lipinski definition) is 1. The van der Waals surface area contributed by atoms with Crippen LogP contribution in [-0.2, 0) is 22.7 Å². The lowest BCUT2D eigenvalue weighted by Gasteiger charge is -2.29. The van der Waals surface area contributed by atoms with Gasteiger partial charge in [0.25, 0.3) is 5.91 Å². The molecule has 3 amide bonds. The molecule has 0 saturated carbocycles. The van der Waals surface area contributed by atoms with Crippen molar-refractivity contribution >= 4 is 17.7 Å². The zero-order chi connectivity index (χ0) is 15.7. The lowest BCUT2D eigenvalue weighted by molar-refractivity contribution is -0.136.